The Morgan fingerprint density at radius 3 is 1.53 bits per heavy atom. The first kappa shape index (κ1) is 13.3. The summed E-state index contributed by atoms with van der Waals surface area (Å²) in [5.41, 5.74) is 1.99. The molecule has 0 aromatic carbocycles. The van der Waals surface area contributed by atoms with Crippen molar-refractivity contribution in [3.05, 3.63) is 22.5 Å². The second-order valence-corrected chi connectivity index (χ2v) is 3.52. The van der Waals surface area contributed by atoms with Crippen molar-refractivity contribution < 1.29 is 19.1 Å². The largest absolute Gasteiger partial charge is 0.465 e. The van der Waals surface area contributed by atoms with Gasteiger partial charge in [0.05, 0.1) is 25.3 Å². The first-order valence-corrected chi connectivity index (χ1v) is 5.50. The molecule has 1 heterocycles. The van der Waals surface area contributed by atoms with Crippen LogP contribution < -0.4 is 0 Å². The molecule has 0 radical (unpaired) electrons. The summed E-state index contributed by atoms with van der Waals surface area (Å²) in [7, 11) is 2.59. The maximum absolute atomic E-state index is 11.7. The van der Waals surface area contributed by atoms with E-state index in [1.54, 1.807) is 0 Å². The lowest BCUT2D eigenvalue weighted by Gasteiger charge is -2.04. The first-order valence-electron chi connectivity index (χ1n) is 5.50. The fourth-order valence-corrected chi connectivity index (χ4v) is 1.79. The van der Waals surface area contributed by atoms with Crippen molar-refractivity contribution in [1.29, 1.82) is 0 Å². The number of rotatable bonds is 4. The van der Waals surface area contributed by atoms with Gasteiger partial charge in [-0.2, -0.15) is 0 Å². The number of hydrogen-bond acceptors (Lipinski definition) is 4. The van der Waals surface area contributed by atoms with Crippen molar-refractivity contribution in [3.63, 3.8) is 0 Å². The third kappa shape index (κ3) is 2.33. The zero-order chi connectivity index (χ0) is 13.0. The molecule has 5 heteroatoms. The molecule has 0 atom stereocenters. The Labute approximate surface area is 100 Å². The van der Waals surface area contributed by atoms with Crippen LogP contribution in [0.1, 0.15) is 46.0 Å². The van der Waals surface area contributed by atoms with Crippen LogP contribution in [0.3, 0.4) is 0 Å². The molecule has 0 aliphatic heterocycles. The molecule has 17 heavy (non-hydrogen) atoms. The fraction of sp³-hybridized carbons (Fsp3) is 0.500. The minimum Gasteiger partial charge on any atom is -0.465 e. The Hall–Kier alpha value is -1.78. The molecule has 0 fully saturated rings. The van der Waals surface area contributed by atoms with Gasteiger partial charge in [-0.15, -0.1) is 0 Å². The summed E-state index contributed by atoms with van der Waals surface area (Å²) in [6, 6.07) is 0. The van der Waals surface area contributed by atoms with Gasteiger partial charge in [0.15, 0.2) is 0 Å². The van der Waals surface area contributed by atoms with Gasteiger partial charge in [-0.3, -0.25) is 0 Å². The molecule has 5 nitrogen and oxygen atoms in total. The molecule has 94 valence electrons. The van der Waals surface area contributed by atoms with Crippen LogP contribution in [0, 0.1) is 0 Å². The van der Waals surface area contributed by atoms with Crippen molar-refractivity contribution >= 4 is 11.9 Å². The average Bonchev–Trinajstić information content (AvgIpc) is 2.75. The number of nitrogens with one attached hydrogen (secondary N) is 1. The molecule has 0 unspecified atom stereocenters. The number of aryl methyl sites for hydroxylation is 2. The second kappa shape index (κ2) is 5.52. The third-order valence-electron chi connectivity index (χ3n) is 2.64. The number of aromatic amines is 1. The Morgan fingerprint density at radius 1 is 0.941 bits per heavy atom. The smallest absolute Gasteiger partial charge is 0.340 e. The molecule has 0 aliphatic carbocycles. The quantitative estimate of drug-likeness (QED) is 0.812. The highest BCUT2D eigenvalue weighted by atomic mass is 16.5. The SMILES string of the molecule is CCc1[nH]c(CC)c(C(=O)OC)c1C(=O)OC. The van der Waals surface area contributed by atoms with E-state index in [2.05, 4.69) is 4.98 Å². The highest BCUT2D eigenvalue weighted by Crippen LogP contribution is 2.22. The molecule has 1 rings (SSSR count). The maximum Gasteiger partial charge on any atom is 0.340 e. The molecule has 1 N–H and O–H groups in total. The number of hydrogen-bond donors (Lipinski definition) is 1. The normalized spacial score (nSPS) is 10.1. The Kier molecular flexibility index (Phi) is 4.31. The van der Waals surface area contributed by atoms with Crippen LogP contribution in [0.15, 0.2) is 0 Å². The summed E-state index contributed by atoms with van der Waals surface area (Å²) in [5.74, 6) is -1.03. The molecule has 0 saturated heterocycles. The zero-order valence-electron chi connectivity index (χ0n) is 10.5. The minimum atomic E-state index is -0.516. The van der Waals surface area contributed by atoms with E-state index >= 15 is 0 Å². The van der Waals surface area contributed by atoms with Crippen LogP contribution in [0.25, 0.3) is 0 Å². The van der Waals surface area contributed by atoms with Gasteiger partial charge in [-0.25, -0.2) is 9.59 Å². The lowest BCUT2D eigenvalue weighted by atomic mass is 10.1. The summed E-state index contributed by atoms with van der Waals surface area (Å²) in [6.07, 6.45) is 1.24. The van der Waals surface area contributed by atoms with Crippen molar-refractivity contribution in [2.75, 3.05) is 14.2 Å². The van der Waals surface area contributed by atoms with E-state index < -0.39 is 11.9 Å². The van der Waals surface area contributed by atoms with Crippen LogP contribution in [-0.2, 0) is 22.3 Å². The number of ether oxygens (including phenoxy) is 2. The van der Waals surface area contributed by atoms with E-state index in [1.165, 1.54) is 14.2 Å². The number of carbonyl (C=O) groups excluding carboxylic acids is 2. The van der Waals surface area contributed by atoms with Gasteiger partial charge < -0.3 is 14.5 Å². The van der Waals surface area contributed by atoms with Crippen LogP contribution in [-0.4, -0.2) is 31.1 Å². The number of carbonyl (C=O) groups is 2. The van der Waals surface area contributed by atoms with Crippen molar-refractivity contribution in [1.82, 2.24) is 4.98 Å². The second-order valence-electron chi connectivity index (χ2n) is 3.52. The van der Waals surface area contributed by atoms with Gasteiger partial charge in [0.1, 0.15) is 0 Å². The van der Waals surface area contributed by atoms with Gasteiger partial charge in [0.25, 0.3) is 0 Å². The lowest BCUT2D eigenvalue weighted by Crippen LogP contribution is -2.12. The van der Waals surface area contributed by atoms with Crippen molar-refractivity contribution in [2.45, 2.75) is 26.7 Å². The predicted octanol–water partition coefficient (Wildman–Crippen LogP) is 1.71. The number of H-pyrrole nitrogens is 1. The molecule has 0 aliphatic rings. The van der Waals surface area contributed by atoms with Crippen LogP contribution in [0.5, 0.6) is 0 Å². The van der Waals surface area contributed by atoms with Crippen molar-refractivity contribution in [3.8, 4) is 0 Å². The van der Waals surface area contributed by atoms with Gasteiger partial charge >= 0.3 is 11.9 Å². The van der Waals surface area contributed by atoms with E-state index in [4.69, 9.17) is 9.47 Å². The molecule has 1 aromatic rings. The van der Waals surface area contributed by atoms with E-state index in [0.717, 1.165) is 0 Å². The summed E-state index contributed by atoms with van der Waals surface area (Å²) in [6.45, 7) is 3.80. The molecular formula is C12H17NO4. The topological polar surface area (TPSA) is 68.4 Å². The Balaban J connectivity index is 3.45. The molecule has 1 aromatic heterocycles. The Morgan fingerprint density at radius 2 is 1.29 bits per heavy atom. The van der Waals surface area contributed by atoms with Gasteiger partial charge in [0.2, 0.25) is 0 Å². The number of esters is 2. The van der Waals surface area contributed by atoms with Gasteiger partial charge in [-0.1, -0.05) is 13.8 Å². The lowest BCUT2D eigenvalue weighted by molar-refractivity contribution is 0.0555. The summed E-state index contributed by atoms with van der Waals surface area (Å²) in [4.78, 5) is 26.5. The highest BCUT2D eigenvalue weighted by molar-refractivity contribution is 6.05. The third-order valence-corrected chi connectivity index (χ3v) is 2.64. The van der Waals surface area contributed by atoms with E-state index in [-0.39, 0.29) is 0 Å². The van der Waals surface area contributed by atoms with Gasteiger partial charge in [-0.05, 0) is 12.8 Å². The van der Waals surface area contributed by atoms with Crippen LogP contribution >= 0.6 is 0 Å². The monoisotopic (exact) mass is 239 g/mol. The van der Waals surface area contributed by atoms with E-state index in [9.17, 15) is 9.59 Å². The highest BCUT2D eigenvalue weighted by Gasteiger charge is 2.27. The molecule has 0 amide bonds. The molecule has 0 saturated carbocycles. The number of methoxy groups -OCH3 is 2. The fourth-order valence-electron chi connectivity index (χ4n) is 1.79. The van der Waals surface area contributed by atoms with Crippen LogP contribution in [0.4, 0.5) is 0 Å². The van der Waals surface area contributed by atoms with E-state index in [0.29, 0.717) is 35.4 Å². The van der Waals surface area contributed by atoms with E-state index in [1.807, 2.05) is 13.8 Å². The summed E-state index contributed by atoms with van der Waals surface area (Å²) in [5, 5.41) is 0. The standard InChI is InChI=1S/C12H17NO4/c1-5-7-9(11(14)16-3)10(12(15)17-4)8(6-2)13-7/h13H,5-6H2,1-4H3. The molecular weight excluding hydrogens is 222 g/mol. The average molecular weight is 239 g/mol. The van der Waals surface area contributed by atoms with Crippen molar-refractivity contribution in [2.24, 2.45) is 0 Å². The maximum atomic E-state index is 11.7. The Bertz CT molecular complexity index is 395. The molecule has 0 bridgehead atoms. The zero-order valence-corrected chi connectivity index (χ0v) is 10.5. The molecule has 0 spiro atoms. The van der Waals surface area contributed by atoms with Gasteiger partial charge in [0, 0.05) is 11.4 Å². The predicted molar refractivity (Wildman–Crippen MR) is 62.2 cm³/mol. The minimum absolute atomic E-state index is 0.290. The van der Waals surface area contributed by atoms with Crippen LogP contribution in [0.2, 0.25) is 0 Å². The summed E-state index contributed by atoms with van der Waals surface area (Å²) < 4.78 is 9.41. The number of aromatic nitrogens is 1. The first-order chi connectivity index (χ1) is 8.10. The summed E-state index contributed by atoms with van der Waals surface area (Å²) >= 11 is 0.